The number of nitrogens with zero attached hydrogens (tertiary/aromatic N) is 3. The van der Waals surface area contributed by atoms with Crippen molar-refractivity contribution in [1.82, 2.24) is 9.97 Å². The van der Waals surface area contributed by atoms with Crippen molar-refractivity contribution in [3.05, 3.63) is 18.0 Å². The zero-order chi connectivity index (χ0) is 14.8. The number of hydrogen-bond acceptors (Lipinski definition) is 3. The summed E-state index contributed by atoms with van der Waals surface area (Å²) in [4.78, 5) is 9.73. The molecule has 1 saturated heterocycles. The van der Waals surface area contributed by atoms with Crippen LogP contribution in [0.25, 0.3) is 0 Å². The van der Waals surface area contributed by atoms with Crippen LogP contribution in [-0.4, -0.2) is 22.6 Å². The van der Waals surface area contributed by atoms with Crippen LogP contribution < -0.4 is 4.90 Å². The molecule has 0 bridgehead atoms. The van der Waals surface area contributed by atoms with Crippen LogP contribution in [0, 0.1) is 5.92 Å². The van der Waals surface area contributed by atoms with E-state index in [0.29, 0.717) is 5.92 Å². The molecule has 0 aliphatic carbocycles. The van der Waals surface area contributed by atoms with Crippen molar-refractivity contribution in [1.29, 1.82) is 0 Å². The van der Waals surface area contributed by atoms with Crippen LogP contribution in [0.3, 0.4) is 0 Å². The molecule has 2 atom stereocenters. The number of anilines is 1. The molecule has 20 heavy (non-hydrogen) atoms. The lowest BCUT2D eigenvalue weighted by atomic mass is 9.88. The maximum absolute atomic E-state index is 12.7. The quantitative estimate of drug-likeness (QED) is 0.844. The normalized spacial score (nSPS) is 23.9. The van der Waals surface area contributed by atoms with Crippen molar-refractivity contribution in [2.75, 3.05) is 11.4 Å². The van der Waals surface area contributed by atoms with E-state index in [0.717, 1.165) is 38.3 Å². The van der Waals surface area contributed by atoms with Gasteiger partial charge in [0.2, 0.25) is 5.95 Å². The van der Waals surface area contributed by atoms with Gasteiger partial charge in [-0.15, -0.1) is 0 Å². The SMILES string of the molecule is CCC[C@@H]1[C@H](C)CCCN1c1nccc(C(F)(F)F)n1. The van der Waals surface area contributed by atoms with Gasteiger partial charge in [-0.2, -0.15) is 13.2 Å². The molecule has 3 nitrogen and oxygen atoms in total. The van der Waals surface area contributed by atoms with Gasteiger partial charge in [0.15, 0.2) is 0 Å². The van der Waals surface area contributed by atoms with Crippen LogP contribution in [0.1, 0.15) is 45.2 Å². The molecule has 0 saturated carbocycles. The van der Waals surface area contributed by atoms with E-state index < -0.39 is 11.9 Å². The first-order valence-electron chi connectivity index (χ1n) is 7.10. The van der Waals surface area contributed by atoms with E-state index in [4.69, 9.17) is 0 Å². The van der Waals surface area contributed by atoms with E-state index in [-0.39, 0.29) is 12.0 Å². The fraction of sp³-hybridized carbons (Fsp3) is 0.714. The lowest BCUT2D eigenvalue weighted by molar-refractivity contribution is -0.141. The van der Waals surface area contributed by atoms with Gasteiger partial charge in [-0.25, -0.2) is 9.97 Å². The summed E-state index contributed by atoms with van der Waals surface area (Å²) in [5, 5.41) is 0. The van der Waals surface area contributed by atoms with Crippen LogP contribution in [0.2, 0.25) is 0 Å². The van der Waals surface area contributed by atoms with Crippen LogP contribution >= 0.6 is 0 Å². The average Bonchev–Trinajstić information content (AvgIpc) is 2.40. The van der Waals surface area contributed by atoms with Crippen molar-refractivity contribution in [3.63, 3.8) is 0 Å². The van der Waals surface area contributed by atoms with Crippen molar-refractivity contribution < 1.29 is 13.2 Å². The van der Waals surface area contributed by atoms with Gasteiger partial charge in [-0.05, 0) is 31.2 Å². The topological polar surface area (TPSA) is 29.0 Å². The molecular weight excluding hydrogens is 267 g/mol. The number of alkyl halides is 3. The molecule has 2 rings (SSSR count). The predicted molar refractivity (Wildman–Crippen MR) is 71.5 cm³/mol. The smallest absolute Gasteiger partial charge is 0.338 e. The Bertz CT molecular complexity index is 448. The van der Waals surface area contributed by atoms with E-state index in [2.05, 4.69) is 23.8 Å². The lowest BCUT2D eigenvalue weighted by Crippen LogP contribution is -2.45. The minimum atomic E-state index is -4.42. The zero-order valence-corrected chi connectivity index (χ0v) is 11.8. The van der Waals surface area contributed by atoms with Crippen molar-refractivity contribution in [2.45, 2.75) is 51.7 Å². The van der Waals surface area contributed by atoms with Gasteiger partial charge >= 0.3 is 6.18 Å². The monoisotopic (exact) mass is 287 g/mol. The third kappa shape index (κ3) is 3.22. The van der Waals surface area contributed by atoms with E-state index in [1.165, 1.54) is 6.20 Å². The van der Waals surface area contributed by atoms with Gasteiger partial charge in [0, 0.05) is 18.8 Å². The number of halogens is 3. The number of aromatic nitrogens is 2. The minimum Gasteiger partial charge on any atom is -0.338 e. The Labute approximate surface area is 117 Å². The van der Waals surface area contributed by atoms with Crippen molar-refractivity contribution in [3.8, 4) is 0 Å². The first-order valence-corrected chi connectivity index (χ1v) is 7.10. The van der Waals surface area contributed by atoms with Gasteiger partial charge in [0.1, 0.15) is 5.69 Å². The predicted octanol–water partition coefficient (Wildman–Crippen LogP) is 3.90. The summed E-state index contributed by atoms with van der Waals surface area (Å²) in [7, 11) is 0. The molecule has 1 fully saturated rings. The van der Waals surface area contributed by atoms with E-state index in [1.807, 2.05) is 4.90 Å². The summed E-state index contributed by atoms with van der Waals surface area (Å²) < 4.78 is 38.2. The second kappa shape index (κ2) is 5.97. The molecule has 0 unspecified atom stereocenters. The molecule has 1 aliphatic heterocycles. The minimum absolute atomic E-state index is 0.213. The Morgan fingerprint density at radius 2 is 2.15 bits per heavy atom. The Kier molecular flexibility index (Phi) is 4.50. The third-order valence-corrected chi connectivity index (χ3v) is 3.89. The van der Waals surface area contributed by atoms with Gasteiger partial charge in [-0.3, -0.25) is 0 Å². The number of rotatable bonds is 3. The highest BCUT2D eigenvalue weighted by atomic mass is 19.4. The highest BCUT2D eigenvalue weighted by Gasteiger charge is 2.35. The molecule has 112 valence electrons. The molecule has 0 radical (unpaired) electrons. The highest BCUT2D eigenvalue weighted by molar-refractivity contribution is 5.34. The van der Waals surface area contributed by atoms with Crippen LogP contribution in [0.4, 0.5) is 19.1 Å². The molecule has 0 N–H and O–H groups in total. The van der Waals surface area contributed by atoms with Gasteiger partial charge in [-0.1, -0.05) is 20.3 Å². The summed E-state index contributed by atoms with van der Waals surface area (Å²) in [5.74, 6) is 0.673. The maximum Gasteiger partial charge on any atom is 0.433 e. The summed E-state index contributed by atoms with van der Waals surface area (Å²) in [6.45, 7) is 4.98. The fourth-order valence-corrected chi connectivity index (χ4v) is 2.88. The molecule has 0 amide bonds. The summed E-state index contributed by atoms with van der Waals surface area (Å²) in [6, 6.07) is 1.16. The summed E-state index contributed by atoms with van der Waals surface area (Å²) >= 11 is 0. The first-order chi connectivity index (χ1) is 9.43. The maximum atomic E-state index is 12.7. The number of piperidine rings is 1. The van der Waals surface area contributed by atoms with Crippen LogP contribution in [-0.2, 0) is 6.18 Å². The fourth-order valence-electron chi connectivity index (χ4n) is 2.88. The molecule has 0 aromatic carbocycles. The average molecular weight is 287 g/mol. The van der Waals surface area contributed by atoms with Crippen molar-refractivity contribution >= 4 is 5.95 Å². The Balaban J connectivity index is 2.28. The lowest BCUT2D eigenvalue weighted by Gasteiger charge is -2.40. The Morgan fingerprint density at radius 3 is 2.80 bits per heavy atom. The largest absolute Gasteiger partial charge is 0.433 e. The van der Waals surface area contributed by atoms with Crippen LogP contribution in [0.15, 0.2) is 12.3 Å². The number of hydrogen-bond donors (Lipinski definition) is 0. The van der Waals surface area contributed by atoms with E-state index in [9.17, 15) is 13.2 Å². The second-order valence-electron chi connectivity index (χ2n) is 5.41. The second-order valence-corrected chi connectivity index (χ2v) is 5.41. The Hall–Kier alpha value is -1.33. The molecular formula is C14H20F3N3. The molecule has 1 aromatic rings. The highest BCUT2D eigenvalue weighted by Crippen LogP contribution is 2.32. The Morgan fingerprint density at radius 1 is 1.40 bits per heavy atom. The first kappa shape index (κ1) is 15.1. The third-order valence-electron chi connectivity index (χ3n) is 3.89. The van der Waals surface area contributed by atoms with Gasteiger partial charge < -0.3 is 4.90 Å². The molecule has 6 heteroatoms. The van der Waals surface area contributed by atoms with E-state index >= 15 is 0 Å². The molecule has 0 spiro atoms. The van der Waals surface area contributed by atoms with Crippen LogP contribution in [0.5, 0.6) is 0 Å². The van der Waals surface area contributed by atoms with E-state index in [1.54, 1.807) is 0 Å². The van der Waals surface area contributed by atoms with Gasteiger partial charge in [0.25, 0.3) is 0 Å². The molecule has 2 heterocycles. The molecule has 1 aliphatic rings. The van der Waals surface area contributed by atoms with Crippen molar-refractivity contribution in [2.24, 2.45) is 5.92 Å². The summed E-state index contributed by atoms with van der Waals surface area (Å²) in [6.07, 6.45) is 0.832. The standard InChI is InChI=1S/C14H20F3N3/c1-3-5-11-10(2)6-4-9-20(11)13-18-8-7-12(19-13)14(15,16)17/h7-8,10-11H,3-6,9H2,1-2H3/t10-,11-/m1/s1. The van der Waals surface area contributed by atoms with Gasteiger partial charge in [0.05, 0.1) is 0 Å². The molecule has 1 aromatic heterocycles. The summed E-state index contributed by atoms with van der Waals surface area (Å²) in [5.41, 5.74) is -0.865. The zero-order valence-electron chi connectivity index (χ0n) is 11.8.